The number of amides is 3. The van der Waals surface area contributed by atoms with Crippen LogP contribution in [0.25, 0.3) is 10.2 Å². The lowest BCUT2D eigenvalue weighted by atomic mass is 9.73. The zero-order chi connectivity index (χ0) is 31.7. The molecule has 2 aromatic rings. The molecule has 236 valence electrons. The third-order valence-corrected chi connectivity index (χ3v) is 10.2. The first kappa shape index (κ1) is 33.0. The highest BCUT2D eigenvalue weighted by Gasteiger charge is 2.44. The first-order valence-electron chi connectivity index (χ1n) is 14.8. The molecule has 3 amide bonds. The molecule has 3 N–H and O–H groups in total. The van der Waals surface area contributed by atoms with Gasteiger partial charge in [-0.2, -0.15) is 0 Å². The first-order valence-corrected chi connectivity index (χ1v) is 17.5. The van der Waals surface area contributed by atoms with Crippen LogP contribution in [0.4, 0.5) is 0 Å². The quantitative estimate of drug-likeness (QED) is 0.340. The van der Waals surface area contributed by atoms with Crippen LogP contribution in [-0.2, 0) is 24.4 Å². The van der Waals surface area contributed by atoms with Gasteiger partial charge in [-0.05, 0) is 55.1 Å². The van der Waals surface area contributed by atoms with Gasteiger partial charge in [0.15, 0.2) is 5.01 Å². The number of sulfonamides is 1. The monoisotopic (exact) mass is 633 g/mol. The van der Waals surface area contributed by atoms with Crippen LogP contribution < -0.4 is 15.4 Å². The van der Waals surface area contributed by atoms with Crippen LogP contribution in [0.5, 0.6) is 0 Å². The molecule has 1 aromatic heterocycles. The van der Waals surface area contributed by atoms with Crippen molar-refractivity contribution >= 4 is 55.1 Å². The van der Waals surface area contributed by atoms with Gasteiger partial charge in [-0.25, -0.2) is 18.1 Å². The van der Waals surface area contributed by atoms with Gasteiger partial charge in [0.2, 0.25) is 33.5 Å². The third-order valence-electron chi connectivity index (χ3n) is 8.51. The van der Waals surface area contributed by atoms with Gasteiger partial charge in [0, 0.05) is 19.0 Å². The number of carbonyl (C=O) groups is 4. The topological polar surface area (TPSA) is 155 Å². The fraction of sp³-hybridized carbons (Fsp3) is 0.633. The SMILES string of the molecule is CC(C)[C@H](NS(C)(=O)=O)C(=O)N1CC[C@@H](C(C)(C)C)C[C@H]1C(=O)N[C@@H](C[C@@H]1CCNC1=O)C(=O)c1nc2ccccc2s1. The van der Waals surface area contributed by atoms with Gasteiger partial charge in [-0.3, -0.25) is 19.2 Å². The predicted molar refractivity (Wildman–Crippen MR) is 166 cm³/mol. The number of carbonyl (C=O) groups excluding carboxylic acids is 4. The summed E-state index contributed by atoms with van der Waals surface area (Å²) in [6, 6.07) is 4.39. The molecule has 2 aliphatic rings. The molecule has 13 heteroatoms. The lowest BCUT2D eigenvalue weighted by Gasteiger charge is -2.44. The Morgan fingerprint density at radius 3 is 2.44 bits per heavy atom. The zero-order valence-corrected chi connectivity index (χ0v) is 27.3. The average molecular weight is 634 g/mol. The Balaban J connectivity index is 1.65. The Kier molecular flexibility index (Phi) is 9.97. The van der Waals surface area contributed by atoms with Crippen molar-refractivity contribution in [2.75, 3.05) is 19.3 Å². The smallest absolute Gasteiger partial charge is 0.243 e. The standard InChI is InChI=1S/C30H43N5O6S2/c1-17(2)24(34-43(6,40)41)29(39)35-14-12-19(30(3,4)5)16-22(35)27(38)32-21(15-18-11-13-31-26(18)37)25(36)28-33-20-9-7-8-10-23(20)42-28/h7-10,17-19,21-22,24,34H,11-16H2,1-6H3,(H,31,37)(H,32,38)/t18-,19+,21-,22-,24-/m0/s1. The normalized spacial score (nSPS) is 22.8. The highest BCUT2D eigenvalue weighted by Crippen LogP contribution is 2.37. The van der Waals surface area contributed by atoms with E-state index in [1.807, 2.05) is 24.3 Å². The number of Topliss-reactive ketones (excluding diaryl/α,β-unsaturated/α-hetero) is 1. The number of fused-ring (bicyclic) bond motifs is 1. The van der Waals surface area contributed by atoms with E-state index in [-0.39, 0.29) is 46.9 Å². The molecule has 0 aliphatic carbocycles. The maximum atomic E-state index is 14.1. The number of nitrogens with zero attached hydrogens (tertiary/aromatic N) is 2. The summed E-state index contributed by atoms with van der Waals surface area (Å²) < 4.78 is 27.5. The second-order valence-corrected chi connectivity index (χ2v) is 16.0. The molecule has 0 radical (unpaired) electrons. The number of nitrogens with one attached hydrogen (secondary N) is 3. The minimum absolute atomic E-state index is 0.103. The van der Waals surface area contributed by atoms with Gasteiger partial charge < -0.3 is 15.5 Å². The number of piperidine rings is 1. The average Bonchev–Trinajstić information content (AvgIpc) is 3.54. The van der Waals surface area contributed by atoms with E-state index in [4.69, 9.17) is 0 Å². The number of hydrogen-bond donors (Lipinski definition) is 3. The highest BCUT2D eigenvalue weighted by atomic mass is 32.2. The Morgan fingerprint density at radius 2 is 1.86 bits per heavy atom. The second-order valence-electron chi connectivity index (χ2n) is 13.2. The minimum atomic E-state index is -3.70. The maximum absolute atomic E-state index is 14.1. The number of aromatic nitrogens is 1. The molecular weight excluding hydrogens is 590 g/mol. The van der Waals surface area contributed by atoms with Crippen molar-refractivity contribution in [1.82, 2.24) is 25.2 Å². The van der Waals surface area contributed by atoms with E-state index in [0.29, 0.717) is 31.3 Å². The predicted octanol–water partition coefficient (Wildman–Crippen LogP) is 2.72. The molecule has 0 spiro atoms. The van der Waals surface area contributed by atoms with Crippen molar-refractivity contribution in [2.24, 2.45) is 23.2 Å². The number of likely N-dealkylation sites (tertiary alicyclic amines) is 1. The van der Waals surface area contributed by atoms with Gasteiger partial charge in [0.1, 0.15) is 12.1 Å². The van der Waals surface area contributed by atoms with Gasteiger partial charge in [-0.15, -0.1) is 11.3 Å². The summed E-state index contributed by atoms with van der Waals surface area (Å²) in [7, 11) is -3.70. The molecule has 5 atom stereocenters. The van der Waals surface area contributed by atoms with Crippen LogP contribution in [-0.4, -0.2) is 79.3 Å². The Labute approximate surface area is 257 Å². The fourth-order valence-electron chi connectivity index (χ4n) is 5.93. The van der Waals surface area contributed by atoms with Crippen LogP contribution in [0, 0.1) is 23.2 Å². The summed E-state index contributed by atoms with van der Waals surface area (Å²) in [5.74, 6) is -2.22. The summed E-state index contributed by atoms with van der Waals surface area (Å²) in [5, 5.41) is 5.95. The summed E-state index contributed by atoms with van der Waals surface area (Å²) in [6.45, 7) is 10.5. The van der Waals surface area contributed by atoms with Gasteiger partial charge >= 0.3 is 0 Å². The molecule has 0 bridgehead atoms. The van der Waals surface area contributed by atoms with Crippen molar-refractivity contribution in [1.29, 1.82) is 0 Å². The maximum Gasteiger partial charge on any atom is 0.243 e. The van der Waals surface area contributed by atoms with Crippen LogP contribution in [0.15, 0.2) is 24.3 Å². The Bertz CT molecular complexity index is 1450. The summed E-state index contributed by atoms with van der Waals surface area (Å²) in [4.78, 5) is 60.3. The number of ketones is 1. The molecule has 2 saturated heterocycles. The molecule has 0 unspecified atom stereocenters. The van der Waals surface area contributed by atoms with E-state index in [1.54, 1.807) is 13.8 Å². The lowest BCUT2D eigenvalue weighted by molar-refractivity contribution is -0.146. The summed E-state index contributed by atoms with van der Waals surface area (Å²) >= 11 is 1.23. The van der Waals surface area contributed by atoms with E-state index in [0.717, 1.165) is 11.0 Å². The number of thiazole rings is 1. The number of benzene rings is 1. The van der Waals surface area contributed by atoms with Crippen LogP contribution in [0.3, 0.4) is 0 Å². The van der Waals surface area contributed by atoms with Crippen LogP contribution in [0.1, 0.15) is 70.1 Å². The Morgan fingerprint density at radius 1 is 1.16 bits per heavy atom. The number of rotatable bonds is 10. The van der Waals surface area contributed by atoms with Crippen molar-refractivity contribution < 1.29 is 27.6 Å². The van der Waals surface area contributed by atoms with Crippen LogP contribution in [0.2, 0.25) is 0 Å². The Hall–Kier alpha value is -2.90. The molecular formula is C30H43N5O6S2. The summed E-state index contributed by atoms with van der Waals surface area (Å²) in [5.41, 5.74) is 0.531. The molecule has 43 heavy (non-hydrogen) atoms. The van der Waals surface area contributed by atoms with E-state index < -0.39 is 45.9 Å². The van der Waals surface area contributed by atoms with Gasteiger partial charge in [-0.1, -0.05) is 46.8 Å². The van der Waals surface area contributed by atoms with Crippen LogP contribution >= 0.6 is 11.3 Å². The van der Waals surface area contributed by atoms with Crippen molar-refractivity contribution in [3.63, 3.8) is 0 Å². The molecule has 0 saturated carbocycles. The van der Waals surface area contributed by atoms with Crippen molar-refractivity contribution in [3.05, 3.63) is 29.3 Å². The van der Waals surface area contributed by atoms with Gasteiger partial charge in [0.05, 0.1) is 22.5 Å². The molecule has 4 rings (SSSR count). The first-order chi connectivity index (χ1) is 20.0. The van der Waals surface area contributed by atoms with Gasteiger partial charge in [0.25, 0.3) is 0 Å². The molecule has 2 fully saturated rings. The number of para-hydroxylation sites is 1. The molecule has 3 heterocycles. The summed E-state index contributed by atoms with van der Waals surface area (Å²) in [6.07, 6.45) is 2.67. The zero-order valence-electron chi connectivity index (χ0n) is 25.7. The van der Waals surface area contributed by atoms with E-state index in [1.165, 1.54) is 16.2 Å². The van der Waals surface area contributed by atoms with E-state index in [2.05, 4.69) is 41.1 Å². The highest BCUT2D eigenvalue weighted by molar-refractivity contribution is 7.88. The van der Waals surface area contributed by atoms with Crippen molar-refractivity contribution in [3.8, 4) is 0 Å². The lowest BCUT2D eigenvalue weighted by Crippen LogP contribution is -2.61. The van der Waals surface area contributed by atoms with E-state index in [9.17, 15) is 27.6 Å². The minimum Gasteiger partial charge on any atom is -0.356 e. The van der Waals surface area contributed by atoms with E-state index >= 15 is 0 Å². The molecule has 1 aromatic carbocycles. The molecule has 2 aliphatic heterocycles. The number of hydrogen-bond acceptors (Lipinski definition) is 8. The second kappa shape index (κ2) is 13.0. The fourth-order valence-corrected chi connectivity index (χ4v) is 7.72. The molecule has 11 nitrogen and oxygen atoms in total. The van der Waals surface area contributed by atoms with Crippen molar-refractivity contribution in [2.45, 2.75) is 78.4 Å². The largest absolute Gasteiger partial charge is 0.356 e. The third kappa shape index (κ3) is 7.98.